The minimum Gasteiger partial charge on any atom is -0.346 e. The molecule has 3 rings (SSSR count). The van der Waals surface area contributed by atoms with Crippen LogP contribution in [0.5, 0.6) is 0 Å². The van der Waals surface area contributed by atoms with Crippen molar-refractivity contribution in [1.82, 2.24) is 9.88 Å². The van der Waals surface area contributed by atoms with Crippen LogP contribution in [0.15, 0.2) is 53.7 Å². The number of hydrogen-bond donors (Lipinski definition) is 0. The third-order valence-electron chi connectivity index (χ3n) is 3.26. The molecular weight excluding hydrogens is 302 g/mol. The van der Waals surface area contributed by atoms with Gasteiger partial charge in [-0.05, 0) is 17.2 Å². The molecule has 1 fully saturated rings. The lowest BCUT2D eigenvalue weighted by Gasteiger charge is -2.17. The first-order valence-electron chi connectivity index (χ1n) is 6.88. The van der Waals surface area contributed by atoms with Gasteiger partial charge in [0, 0.05) is 25.0 Å². The zero-order valence-electron chi connectivity index (χ0n) is 11.6. The van der Waals surface area contributed by atoms with Crippen LogP contribution in [-0.4, -0.2) is 27.3 Å². The predicted octanol–water partition coefficient (Wildman–Crippen LogP) is 3.84. The van der Waals surface area contributed by atoms with Gasteiger partial charge in [-0.2, -0.15) is 0 Å². The summed E-state index contributed by atoms with van der Waals surface area (Å²) in [6.45, 7) is 2.60. The fourth-order valence-electron chi connectivity index (χ4n) is 2.19. The molecule has 0 unspecified atom stereocenters. The Kier molecular flexibility index (Phi) is 4.78. The van der Waals surface area contributed by atoms with E-state index in [1.54, 1.807) is 0 Å². The molecule has 2 heterocycles. The highest BCUT2D eigenvalue weighted by Crippen LogP contribution is 2.21. The number of aliphatic imine (C=N–C) groups is 1. The monoisotopic (exact) mass is 317 g/mol. The molecule has 0 aliphatic carbocycles. The summed E-state index contributed by atoms with van der Waals surface area (Å²) < 4.78 is 0. The van der Waals surface area contributed by atoms with Crippen molar-refractivity contribution in [2.45, 2.75) is 13.1 Å². The first-order valence-corrected chi connectivity index (χ1v) is 8.24. The second-order valence-electron chi connectivity index (χ2n) is 4.84. The summed E-state index contributed by atoms with van der Waals surface area (Å²) in [4.78, 5) is 11.2. The zero-order valence-corrected chi connectivity index (χ0v) is 13.1. The first-order chi connectivity index (χ1) is 10.3. The molecule has 2 aromatic rings. The smallest absolute Gasteiger partial charge is 0.159 e. The highest BCUT2D eigenvalue weighted by Gasteiger charge is 2.19. The summed E-state index contributed by atoms with van der Waals surface area (Å²) in [5, 5.41) is 1.65. The maximum atomic E-state index is 5.82. The maximum absolute atomic E-state index is 5.82. The summed E-state index contributed by atoms with van der Waals surface area (Å²) in [5.74, 6) is 1.09. The van der Waals surface area contributed by atoms with E-state index in [9.17, 15) is 0 Å². The fourth-order valence-corrected chi connectivity index (χ4v) is 3.29. The summed E-state index contributed by atoms with van der Waals surface area (Å²) in [7, 11) is 0. The lowest BCUT2D eigenvalue weighted by atomic mass is 10.2. The van der Waals surface area contributed by atoms with Gasteiger partial charge in [0.25, 0.3) is 0 Å². The van der Waals surface area contributed by atoms with Gasteiger partial charge >= 0.3 is 0 Å². The van der Waals surface area contributed by atoms with E-state index in [-0.39, 0.29) is 0 Å². The second kappa shape index (κ2) is 6.96. The number of hydrogen-bond acceptors (Lipinski definition) is 3. The van der Waals surface area contributed by atoms with Crippen molar-refractivity contribution in [3.63, 3.8) is 0 Å². The number of halogens is 1. The van der Waals surface area contributed by atoms with Crippen LogP contribution >= 0.6 is 23.4 Å². The molecule has 1 aliphatic rings. The van der Waals surface area contributed by atoms with E-state index >= 15 is 0 Å². The van der Waals surface area contributed by atoms with Crippen molar-refractivity contribution in [2.24, 2.45) is 4.99 Å². The van der Waals surface area contributed by atoms with Gasteiger partial charge in [0.05, 0.1) is 6.54 Å². The summed E-state index contributed by atoms with van der Waals surface area (Å²) in [6, 6.07) is 14.2. The molecule has 1 aliphatic heterocycles. The summed E-state index contributed by atoms with van der Waals surface area (Å²) in [5.41, 5.74) is 2.40. The molecule has 0 radical (unpaired) electrons. The van der Waals surface area contributed by atoms with Crippen LogP contribution in [0, 0.1) is 0 Å². The molecule has 3 nitrogen and oxygen atoms in total. The molecular formula is C16H16ClN3S. The topological polar surface area (TPSA) is 28.5 Å². The van der Waals surface area contributed by atoms with Crippen LogP contribution in [0.25, 0.3) is 0 Å². The van der Waals surface area contributed by atoms with Crippen molar-refractivity contribution in [1.29, 1.82) is 0 Å². The largest absolute Gasteiger partial charge is 0.346 e. The van der Waals surface area contributed by atoms with Crippen LogP contribution in [0.2, 0.25) is 5.15 Å². The maximum Gasteiger partial charge on any atom is 0.159 e. The third kappa shape index (κ3) is 3.99. The molecule has 0 N–H and O–H groups in total. The van der Waals surface area contributed by atoms with E-state index in [0.717, 1.165) is 36.1 Å². The lowest BCUT2D eigenvalue weighted by molar-refractivity contribution is 0.454. The van der Waals surface area contributed by atoms with Crippen LogP contribution in [-0.2, 0) is 13.1 Å². The number of rotatable bonds is 4. The van der Waals surface area contributed by atoms with Crippen LogP contribution in [0.1, 0.15) is 11.1 Å². The second-order valence-corrected chi connectivity index (χ2v) is 6.29. The molecule has 0 spiro atoms. The Morgan fingerprint density at radius 3 is 2.76 bits per heavy atom. The van der Waals surface area contributed by atoms with Crippen LogP contribution < -0.4 is 0 Å². The number of pyridine rings is 1. The van der Waals surface area contributed by atoms with Crippen molar-refractivity contribution >= 4 is 28.5 Å². The van der Waals surface area contributed by atoms with Crippen molar-refractivity contribution in [3.05, 3.63) is 64.9 Å². The molecule has 108 valence electrons. The Morgan fingerprint density at radius 2 is 2.00 bits per heavy atom. The van der Waals surface area contributed by atoms with Gasteiger partial charge in [-0.3, -0.25) is 4.99 Å². The first kappa shape index (κ1) is 14.4. The Bertz CT molecular complexity index is 613. The van der Waals surface area contributed by atoms with Gasteiger partial charge in [-0.1, -0.05) is 59.8 Å². The van der Waals surface area contributed by atoms with Gasteiger partial charge in [-0.25, -0.2) is 4.98 Å². The van der Waals surface area contributed by atoms with E-state index in [1.807, 2.05) is 36.2 Å². The Labute approximate surface area is 134 Å². The average Bonchev–Trinajstić information content (AvgIpc) is 2.96. The Balaban J connectivity index is 1.66. The molecule has 0 atom stereocenters. The molecule has 21 heavy (non-hydrogen) atoms. The van der Waals surface area contributed by atoms with E-state index in [4.69, 9.17) is 16.6 Å². The van der Waals surface area contributed by atoms with Gasteiger partial charge < -0.3 is 4.90 Å². The van der Waals surface area contributed by atoms with Gasteiger partial charge in [-0.15, -0.1) is 0 Å². The lowest BCUT2D eigenvalue weighted by Crippen LogP contribution is -2.24. The Hall–Kier alpha value is -1.52. The number of aromatic nitrogens is 1. The van der Waals surface area contributed by atoms with E-state index in [1.165, 1.54) is 5.56 Å². The quantitative estimate of drug-likeness (QED) is 0.802. The SMILES string of the molecule is Clc1ccc(CN2CCSC2=NCc2ccccc2)cn1. The van der Waals surface area contributed by atoms with Gasteiger partial charge in [0.15, 0.2) is 5.17 Å². The van der Waals surface area contributed by atoms with Gasteiger partial charge in [0.2, 0.25) is 0 Å². The molecule has 0 bridgehead atoms. The highest BCUT2D eigenvalue weighted by molar-refractivity contribution is 8.14. The normalized spacial score (nSPS) is 16.6. The molecule has 5 heteroatoms. The van der Waals surface area contributed by atoms with E-state index in [0.29, 0.717) is 5.15 Å². The summed E-state index contributed by atoms with van der Waals surface area (Å²) in [6.07, 6.45) is 1.83. The van der Waals surface area contributed by atoms with Crippen molar-refractivity contribution < 1.29 is 0 Å². The number of amidine groups is 1. The third-order valence-corrected chi connectivity index (χ3v) is 4.52. The minimum absolute atomic E-state index is 0.535. The molecule has 0 amide bonds. The van der Waals surface area contributed by atoms with Crippen molar-refractivity contribution in [3.8, 4) is 0 Å². The molecule has 1 aromatic carbocycles. The van der Waals surface area contributed by atoms with E-state index < -0.39 is 0 Å². The van der Waals surface area contributed by atoms with Crippen LogP contribution in [0.3, 0.4) is 0 Å². The van der Waals surface area contributed by atoms with Crippen molar-refractivity contribution in [2.75, 3.05) is 12.3 Å². The Morgan fingerprint density at radius 1 is 1.14 bits per heavy atom. The number of benzene rings is 1. The summed E-state index contributed by atoms with van der Waals surface area (Å²) >= 11 is 7.64. The zero-order chi connectivity index (χ0) is 14.5. The molecule has 1 saturated heterocycles. The molecule has 1 aromatic heterocycles. The average molecular weight is 318 g/mol. The fraction of sp³-hybridized carbons (Fsp3) is 0.250. The highest BCUT2D eigenvalue weighted by atomic mass is 35.5. The van der Waals surface area contributed by atoms with Crippen LogP contribution in [0.4, 0.5) is 0 Å². The predicted molar refractivity (Wildman–Crippen MR) is 89.7 cm³/mol. The standard InChI is InChI=1S/C16H16ClN3S/c17-15-7-6-14(11-18-15)12-20-8-9-21-16(20)19-10-13-4-2-1-3-5-13/h1-7,11H,8-10,12H2. The van der Waals surface area contributed by atoms with E-state index in [2.05, 4.69) is 34.1 Å². The molecule has 0 saturated carbocycles. The number of nitrogens with zero attached hydrogens (tertiary/aromatic N) is 3. The minimum atomic E-state index is 0.535. The number of thioether (sulfide) groups is 1. The van der Waals surface area contributed by atoms with Gasteiger partial charge in [0.1, 0.15) is 5.15 Å².